The van der Waals surface area contributed by atoms with Gasteiger partial charge in [-0.2, -0.15) is 8.78 Å². The van der Waals surface area contributed by atoms with E-state index < -0.39 is 47.3 Å². The van der Waals surface area contributed by atoms with Crippen LogP contribution in [-0.2, 0) is 10.8 Å². The molecule has 228 valence electrons. The Morgan fingerprint density at radius 1 is 0.756 bits per heavy atom. The molecule has 0 saturated heterocycles. The maximum Gasteiger partial charge on any atom is 0.573 e. The first kappa shape index (κ1) is 31.4. The Kier molecular flexibility index (Phi) is 10.1. The first-order chi connectivity index (χ1) is 19.4. The zero-order chi connectivity index (χ0) is 29.8. The van der Waals surface area contributed by atoms with Crippen LogP contribution in [0.25, 0.3) is 0 Å². The molecule has 41 heavy (non-hydrogen) atoms. The quantitative estimate of drug-likeness (QED) is 0.202. The fourth-order valence-electron chi connectivity index (χ4n) is 6.09. The summed E-state index contributed by atoms with van der Waals surface area (Å²) < 4.78 is 124. The van der Waals surface area contributed by atoms with Crippen molar-refractivity contribution < 1.29 is 49.3 Å². The molecular formula is C30H34F8O3. The molecule has 2 saturated carbocycles. The van der Waals surface area contributed by atoms with Gasteiger partial charge in [0, 0.05) is 12.1 Å². The summed E-state index contributed by atoms with van der Waals surface area (Å²) in [4.78, 5) is 0. The summed E-state index contributed by atoms with van der Waals surface area (Å²) in [5.41, 5.74) is -0.801. The van der Waals surface area contributed by atoms with Gasteiger partial charge in [0.2, 0.25) is 0 Å². The number of rotatable bonds is 10. The van der Waals surface area contributed by atoms with Crippen LogP contribution in [-0.4, -0.2) is 19.1 Å². The molecule has 2 aromatic carbocycles. The molecule has 11 heteroatoms. The molecule has 0 N–H and O–H groups in total. The van der Waals surface area contributed by atoms with Crippen LogP contribution in [0.1, 0.15) is 88.2 Å². The van der Waals surface area contributed by atoms with Crippen LogP contribution in [0, 0.1) is 29.3 Å². The third-order valence-corrected chi connectivity index (χ3v) is 8.20. The van der Waals surface area contributed by atoms with Gasteiger partial charge in [-0.3, -0.25) is 0 Å². The molecule has 2 aliphatic carbocycles. The Bertz CT molecular complexity index is 1130. The summed E-state index contributed by atoms with van der Waals surface area (Å²) in [6, 6.07) is 5.04. The third kappa shape index (κ3) is 8.26. The summed E-state index contributed by atoms with van der Waals surface area (Å²) >= 11 is 0. The summed E-state index contributed by atoms with van der Waals surface area (Å²) in [6.45, 7) is 2.14. The van der Waals surface area contributed by atoms with Gasteiger partial charge in [0.05, 0.1) is 12.7 Å². The molecule has 0 heterocycles. The van der Waals surface area contributed by atoms with E-state index in [1.807, 2.05) is 6.92 Å². The molecule has 0 amide bonds. The van der Waals surface area contributed by atoms with Crippen LogP contribution < -0.4 is 9.47 Å². The summed E-state index contributed by atoms with van der Waals surface area (Å²) in [5, 5.41) is 0. The van der Waals surface area contributed by atoms with Crippen molar-refractivity contribution in [2.24, 2.45) is 11.8 Å². The lowest BCUT2D eigenvalue weighted by Gasteiger charge is -2.38. The first-order valence-electron chi connectivity index (χ1n) is 14.1. The zero-order valence-corrected chi connectivity index (χ0v) is 22.7. The van der Waals surface area contributed by atoms with Gasteiger partial charge in [-0.25, -0.2) is 13.2 Å². The second-order valence-electron chi connectivity index (χ2n) is 11.0. The molecule has 2 aliphatic rings. The molecule has 2 fully saturated rings. The fraction of sp³-hybridized carbons (Fsp3) is 0.600. The van der Waals surface area contributed by atoms with Crippen molar-refractivity contribution in [3.8, 4) is 11.5 Å². The lowest BCUT2D eigenvalue weighted by Crippen LogP contribution is -2.33. The van der Waals surface area contributed by atoms with Crippen molar-refractivity contribution >= 4 is 0 Å². The molecule has 0 spiro atoms. The molecule has 0 radical (unpaired) electrons. The minimum absolute atomic E-state index is 0.00674. The van der Waals surface area contributed by atoms with E-state index in [1.54, 1.807) is 0 Å². The van der Waals surface area contributed by atoms with Crippen LogP contribution in [0.3, 0.4) is 0 Å². The largest absolute Gasteiger partial charge is 0.573 e. The first-order valence-corrected chi connectivity index (χ1v) is 14.1. The number of benzene rings is 2. The molecule has 0 aliphatic heterocycles. The van der Waals surface area contributed by atoms with Crippen molar-refractivity contribution in [1.29, 1.82) is 0 Å². The van der Waals surface area contributed by atoms with E-state index in [2.05, 4.69) is 4.74 Å². The van der Waals surface area contributed by atoms with E-state index in [-0.39, 0.29) is 24.2 Å². The number of hydrogen-bond acceptors (Lipinski definition) is 3. The zero-order valence-electron chi connectivity index (χ0n) is 22.7. The summed E-state index contributed by atoms with van der Waals surface area (Å²) in [6.07, 6.45) is -3.48. The Morgan fingerprint density at radius 2 is 1.34 bits per heavy atom. The maximum atomic E-state index is 14.9. The number of hydrogen-bond donors (Lipinski definition) is 0. The SMILES string of the molecule is CCCCOc1cc(F)c(C(F)(F)OC2CCC(C3CCC(c4ccc(OC(F)(F)F)c(F)c4)CC3)CC2)c(F)c1. The number of ether oxygens (including phenoxy) is 3. The number of unbranched alkanes of at least 4 members (excludes halogenated alkanes) is 1. The van der Waals surface area contributed by atoms with Crippen molar-refractivity contribution in [3.63, 3.8) is 0 Å². The molecular weight excluding hydrogens is 560 g/mol. The van der Waals surface area contributed by atoms with Crippen LogP contribution in [0.4, 0.5) is 35.1 Å². The summed E-state index contributed by atoms with van der Waals surface area (Å²) in [7, 11) is 0. The second-order valence-corrected chi connectivity index (χ2v) is 11.0. The van der Waals surface area contributed by atoms with E-state index in [4.69, 9.17) is 9.47 Å². The topological polar surface area (TPSA) is 27.7 Å². The van der Waals surface area contributed by atoms with Crippen molar-refractivity contribution in [2.45, 2.75) is 95.6 Å². The minimum atomic E-state index is -4.97. The minimum Gasteiger partial charge on any atom is -0.493 e. The van der Waals surface area contributed by atoms with E-state index >= 15 is 0 Å². The van der Waals surface area contributed by atoms with Gasteiger partial charge in [-0.1, -0.05) is 19.4 Å². The molecule has 0 bridgehead atoms. The van der Waals surface area contributed by atoms with E-state index in [1.165, 1.54) is 6.07 Å². The average molecular weight is 595 g/mol. The van der Waals surface area contributed by atoms with Gasteiger partial charge in [0.1, 0.15) is 22.9 Å². The average Bonchev–Trinajstić information content (AvgIpc) is 2.89. The Hall–Kier alpha value is -2.56. The van der Waals surface area contributed by atoms with Crippen LogP contribution in [0.5, 0.6) is 11.5 Å². The monoisotopic (exact) mass is 594 g/mol. The normalized spacial score (nSPS) is 23.8. The second kappa shape index (κ2) is 13.2. The maximum absolute atomic E-state index is 14.9. The van der Waals surface area contributed by atoms with Crippen molar-refractivity contribution in [2.75, 3.05) is 6.61 Å². The van der Waals surface area contributed by atoms with E-state index in [0.29, 0.717) is 43.6 Å². The Balaban J connectivity index is 1.27. The molecule has 0 aromatic heterocycles. The molecule has 4 rings (SSSR count). The standard InChI is InChI=1S/C30H34F8O3/c1-2-3-14-39-23-16-25(32)28(26(33)17-23)29(34,35)40-22-11-8-19(9-12-22)18-4-6-20(7-5-18)21-10-13-27(24(31)15-21)41-30(36,37)38/h10,13,15-20,22H,2-9,11-12,14H2,1H3. The highest BCUT2D eigenvalue weighted by molar-refractivity contribution is 5.33. The molecule has 3 nitrogen and oxygen atoms in total. The van der Waals surface area contributed by atoms with Gasteiger partial charge >= 0.3 is 12.5 Å². The van der Waals surface area contributed by atoms with E-state index in [9.17, 15) is 35.1 Å². The van der Waals surface area contributed by atoms with Gasteiger partial charge in [-0.05, 0) is 93.2 Å². The van der Waals surface area contributed by atoms with Crippen LogP contribution in [0.2, 0.25) is 0 Å². The van der Waals surface area contributed by atoms with Gasteiger partial charge in [0.25, 0.3) is 0 Å². The lowest BCUT2D eigenvalue weighted by atomic mass is 9.69. The van der Waals surface area contributed by atoms with Gasteiger partial charge in [0.15, 0.2) is 11.6 Å². The highest BCUT2D eigenvalue weighted by Crippen LogP contribution is 2.45. The highest BCUT2D eigenvalue weighted by Gasteiger charge is 2.43. The van der Waals surface area contributed by atoms with Gasteiger partial charge in [-0.15, -0.1) is 13.2 Å². The number of alkyl halides is 5. The van der Waals surface area contributed by atoms with Crippen molar-refractivity contribution in [1.82, 2.24) is 0 Å². The van der Waals surface area contributed by atoms with Crippen LogP contribution in [0.15, 0.2) is 30.3 Å². The Labute approximate surface area is 234 Å². The lowest BCUT2D eigenvalue weighted by molar-refractivity contribution is -0.281. The van der Waals surface area contributed by atoms with Gasteiger partial charge < -0.3 is 14.2 Å². The van der Waals surface area contributed by atoms with E-state index in [0.717, 1.165) is 56.4 Å². The Morgan fingerprint density at radius 3 is 1.88 bits per heavy atom. The highest BCUT2D eigenvalue weighted by atomic mass is 19.4. The third-order valence-electron chi connectivity index (χ3n) is 8.20. The smallest absolute Gasteiger partial charge is 0.493 e. The van der Waals surface area contributed by atoms with Crippen molar-refractivity contribution in [3.05, 3.63) is 58.9 Å². The molecule has 0 unspecified atom stereocenters. The fourth-order valence-corrected chi connectivity index (χ4v) is 6.09. The summed E-state index contributed by atoms with van der Waals surface area (Å²) in [5.74, 6) is -4.31. The predicted octanol–water partition coefficient (Wildman–Crippen LogP) is 9.78. The van der Waals surface area contributed by atoms with Crippen LogP contribution >= 0.6 is 0 Å². The molecule has 2 aromatic rings. The predicted molar refractivity (Wildman–Crippen MR) is 135 cm³/mol. The molecule has 0 atom stereocenters. The number of halogens is 8.